The molecule has 1 amide bonds. The fraction of sp³-hybridized carbons (Fsp3) is 0.600. The molecule has 0 radical (unpaired) electrons. The molecule has 142 valence electrons. The van der Waals surface area contributed by atoms with E-state index in [1.807, 2.05) is 12.1 Å². The number of rotatable bonds is 9. The second-order valence-electron chi connectivity index (χ2n) is 7.17. The van der Waals surface area contributed by atoms with Crippen molar-refractivity contribution >= 4 is 5.91 Å². The number of aromatic nitrogens is 1. The Kier molecular flexibility index (Phi) is 6.89. The molecule has 0 unspecified atom stereocenters. The zero-order chi connectivity index (χ0) is 18.2. The normalized spacial score (nSPS) is 20.2. The van der Waals surface area contributed by atoms with E-state index < -0.39 is 0 Å². The average molecular weight is 359 g/mol. The largest absolute Gasteiger partial charge is 0.467 e. The number of amides is 1. The summed E-state index contributed by atoms with van der Waals surface area (Å²) in [7, 11) is 0. The number of aryl methyl sites for hydroxylation is 1. The third-order valence-electron chi connectivity index (χ3n) is 5.11. The van der Waals surface area contributed by atoms with Crippen LogP contribution < -0.4 is 10.6 Å². The van der Waals surface area contributed by atoms with Gasteiger partial charge in [-0.1, -0.05) is 18.5 Å². The van der Waals surface area contributed by atoms with Crippen molar-refractivity contribution in [3.05, 3.63) is 41.7 Å². The lowest BCUT2D eigenvalue weighted by molar-refractivity contribution is -0.122. The van der Waals surface area contributed by atoms with Gasteiger partial charge in [-0.05, 0) is 56.3 Å². The Bertz CT molecular complexity index is 666. The number of furan rings is 1. The highest BCUT2D eigenvalue weighted by molar-refractivity contribution is 5.76. The van der Waals surface area contributed by atoms with Gasteiger partial charge in [0.1, 0.15) is 11.5 Å². The second-order valence-corrected chi connectivity index (χ2v) is 7.17. The van der Waals surface area contributed by atoms with E-state index in [9.17, 15) is 4.79 Å². The van der Waals surface area contributed by atoms with Crippen molar-refractivity contribution < 1.29 is 13.7 Å². The molecule has 3 heterocycles. The monoisotopic (exact) mass is 359 g/mol. The summed E-state index contributed by atoms with van der Waals surface area (Å²) in [5.41, 5.74) is 1.01. The van der Waals surface area contributed by atoms with Crippen LogP contribution in [0.15, 0.2) is 33.4 Å². The van der Waals surface area contributed by atoms with Gasteiger partial charge in [-0.3, -0.25) is 4.79 Å². The Morgan fingerprint density at radius 3 is 3.12 bits per heavy atom. The Morgan fingerprint density at radius 1 is 1.38 bits per heavy atom. The van der Waals surface area contributed by atoms with Crippen LogP contribution in [0.25, 0.3) is 0 Å². The van der Waals surface area contributed by atoms with Gasteiger partial charge in [0.05, 0.1) is 18.5 Å². The Morgan fingerprint density at radius 2 is 2.31 bits per heavy atom. The van der Waals surface area contributed by atoms with Gasteiger partial charge in [0.2, 0.25) is 5.91 Å². The highest BCUT2D eigenvalue weighted by atomic mass is 16.5. The quantitative estimate of drug-likeness (QED) is 0.719. The van der Waals surface area contributed by atoms with Gasteiger partial charge < -0.3 is 19.6 Å². The summed E-state index contributed by atoms with van der Waals surface area (Å²) >= 11 is 0. The average Bonchev–Trinajstić information content (AvgIpc) is 3.32. The molecule has 6 nitrogen and oxygen atoms in total. The molecule has 1 saturated heterocycles. The number of piperidine rings is 1. The van der Waals surface area contributed by atoms with Crippen LogP contribution in [0.3, 0.4) is 0 Å². The summed E-state index contributed by atoms with van der Waals surface area (Å²) in [6.07, 6.45) is 7.27. The Labute approximate surface area is 154 Å². The van der Waals surface area contributed by atoms with Gasteiger partial charge in [-0.2, -0.15) is 0 Å². The third kappa shape index (κ3) is 5.46. The molecular weight excluding hydrogens is 330 g/mol. The van der Waals surface area contributed by atoms with Gasteiger partial charge in [-0.15, -0.1) is 0 Å². The third-order valence-corrected chi connectivity index (χ3v) is 5.11. The van der Waals surface area contributed by atoms with Crippen LogP contribution in [0.4, 0.5) is 0 Å². The van der Waals surface area contributed by atoms with Crippen molar-refractivity contribution in [1.82, 2.24) is 15.8 Å². The van der Waals surface area contributed by atoms with Crippen LogP contribution in [0.2, 0.25) is 0 Å². The SMILES string of the molecule is CCCCc1cc(C[C@@H]2CNCC[C@H]2CC(=O)NCc2ccco2)no1. The van der Waals surface area contributed by atoms with Gasteiger partial charge in [0.25, 0.3) is 0 Å². The van der Waals surface area contributed by atoms with E-state index in [0.717, 1.165) is 62.4 Å². The fourth-order valence-electron chi connectivity index (χ4n) is 3.58. The van der Waals surface area contributed by atoms with E-state index in [-0.39, 0.29) is 5.91 Å². The van der Waals surface area contributed by atoms with Crippen molar-refractivity contribution in [3.8, 4) is 0 Å². The molecule has 3 rings (SSSR count). The minimum absolute atomic E-state index is 0.0853. The van der Waals surface area contributed by atoms with E-state index in [1.54, 1.807) is 6.26 Å². The van der Waals surface area contributed by atoms with Crippen LogP contribution in [0.1, 0.15) is 49.8 Å². The molecule has 0 spiro atoms. The molecule has 2 atom stereocenters. The van der Waals surface area contributed by atoms with Crippen LogP contribution in [0.5, 0.6) is 0 Å². The van der Waals surface area contributed by atoms with E-state index in [1.165, 1.54) is 0 Å². The van der Waals surface area contributed by atoms with Gasteiger partial charge in [0.15, 0.2) is 0 Å². The smallest absolute Gasteiger partial charge is 0.220 e. The number of hydrogen-bond acceptors (Lipinski definition) is 5. The molecule has 2 aromatic heterocycles. The lowest BCUT2D eigenvalue weighted by Crippen LogP contribution is -2.40. The number of nitrogens with zero attached hydrogens (tertiary/aromatic N) is 1. The van der Waals surface area contributed by atoms with Crippen molar-refractivity contribution in [2.75, 3.05) is 13.1 Å². The number of carbonyl (C=O) groups is 1. The molecule has 0 bridgehead atoms. The highest BCUT2D eigenvalue weighted by Gasteiger charge is 2.28. The molecule has 1 aliphatic heterocycles. The number of nitrogens with one attached hydrogen (secondary N) is 2. The molecule has 6 heteroatoms. The number of hydrogen-bond donors (Lipinski definition) is 2. The van der Waals surface area contributed by atoms with Gasteiger partial charge in [0, 0.05) is 18.9 Å². The maximum Gasteiger partial charge on any atom is 0.220 e. The van der Waals surface area contributed by atoms with Gasteiger partial charge >= 0.3 is 0 Å². The Hall–Kier alpha value is -2.08. The minimum Gasteiger partial charge on any atom is -0.467 e. The summed E-state index contributed by atoms with van der Waals surface area (Å²) in [6, 6.07) is 5.78. The lowest BCUT2D eigenvalue weighted by atomic mass is 9.81. The van der Waals surface area contributed by atoms with Crippen molar-refractivity contribution in [2.45, 2.75) is 52.0 Å². The van der Waals surface area contributed by atoms with Gasteiger partial charge in [-0.25, -0.2) is 0 Å². The summed E-state index contributed by atoms with van der Waals surface area (Å²) < 4.78 is 10.7. The predicted molar refractivity (Wildman–Crippen MR) is 98.5 cm³/mol. The van der Waals surface area contributed by atoms with Crippen molar-refractivity contribution in [2.24, 2.45) is 11.8 Å². The van der Waals surface area contributed by atoms with Crippen LogP contribution in [-0.2, 0) is 24.2 Å². The first-order valence-corrected chi connectivity index (χ1v) is 9.69. The molecule has 1 aliphatic rings. The minimum atomic E-state index is 0.0853. The molecule has 26 heavy (non-hydrogen) atoms. The standard InChI is InChI=1S/C20H29N3O3/c1-2-3-5-18-12-17(23-26-18)10-16-13-21-8-7-15(16)11-20(24)22-14-19-6-4-9-25-19/h4,6,9,12,15-16,21H,2-3,5,7-8,10-11,13-14H2,1H3,(H,22,24)/t15-,16+/m0/s1. The fourth-order valence-corrected chi connectivity index (χ4v) is 3.58. The summed E-state index contributed by atoms with van der Waals surface area (Å²) in [5, 5.41) is 10.6. The van der Waals surface area contributed by atoms with E-state index >= 15 is 0 Å². The highest BCUT2D eigenvalue weighted by Crippen LogP contribution is 2.26. The lowest BCUT2D eigenvalue weighted by Gasteiger charge is -2.31. The van der Waals surface area contributed by atoms with Crippen LogP contribution in [0, 0.1) is 11.8 Å². The second kappa shape index (κ2) is 9.57. The number of unbranched alkanes of at least 4 members (excludes halogenated alkanes) is 1. The van der Waals surface area contributed by atoms with Crippen molar-refractivity contribution in [1.29, 1.82) is 0 Å². The van der Waals surface area contributed by atoms with Crippen LogP contribution >= 0.6 is 0 Å². The molecule has 0 saturated carbocycles. The van der Waals surface area contributed by atoms with E-state index in [2.05, 4.69) is 28.8 Å². The zero-order valence-corrected chi connectivity index (χ0v) is 15.5. The summed E-state index contributed by atoms with van der Waals surface area (Å²) in [5.74, 6) is 2.61. The summed E-state index contributed by atoms with van der Waals surface area (Å²) in [4.78, 5) is 12.3. The maximum atomic E-state index is 12.3. The van der Waals surface area contributed by atoms with E-state index in [4.69, 9.17) is 8.94 Å². The maximum absolute atomic E-state index is 12.3. The first-order chi connectivity index (χ1) is 12.7. The Balaban J connectivity index is 1.50. The summed E-state index contributed by atoms with van der Waals surface area (Å²) in [6.45, 7) is 4.51. The first-order valence-electron chi connectivity index (χ1n) is 9.69. The molecule has 0 aromatic carbocycles. The zero-order valence-electron chi connectivity index (χ0n) is 15.5. The van der Waals surface area contributed by atoms with E-state index in [0.29, 0.717) is 24.8 Å². The topological polar surface area (TPSA) is 80.3 Å². The molecular formula is C20H29N3O3. The predicted octanol–water partition coefficient (Wildman–Crippen LogP) is 3.08. The number of carbonyl (C=O) groups excluding carboxylic acids is 1. The molecule has 1 fully saturated rings. The molecule has 2 N–H and O–H groups in total. The molecule has 2 aromatic rings. The molecule has 0 aliphatic carbocycles. The first kappa shape index (κ1) is 18.7. The van der Waals surface area contributed by atoms with Crippen LogP contribution in [-0.4, -0.2) is 24.2 Å². The van der Waals surface area contributed by atoms with Crippen molar-refractivity contribution in [3.63, 3.8) is 0 Å².